The fourth-order valence-electron chi connectivity index (χ4n) is 2.72. The van der Waals surface area contributed by atoms with E-state index in [4.69, 9.17) is 0 Å². The normalized spacial score (nSPS) is 14.0. The fraction of sp³-hybridized carbons (Fsp3) is 0.250. The summed E-state index contributed by atoms with van der Waals surface area (Å²) in [6.07, 6.45) is -1.46. The molecule has 0 bridgehead atoms. The minimum atomic E-state index is -4.91. The Balaban J connectivity index is 2.11. The number of hydrogen-bond donors (Lipinski definition) is 0. The second kappa shape index (κ2) is 6.89. The molecular formula is C16H14F4N4O2S. The zero-order valence-corrected chi connectivity index (χ0v) is 14.7. The lowest BCUT2D eigenvalue weighted by atomic mass is 10.1. The van der Waals surface area contributed by atoms with Gasteiger partial charge in [-0.1, -0.05) is 19.1 Å². The van der Waals surface area contributed by atoms with Gasteiger partial charge in [0, 0.05) is 12.6 Å². The van der Waals surface area contributed by atoms with Crippen molar-refractivity contribution in [3.63, 3.8) is 0 Å². The van der Waals surface area contributed by atoms with Crippen molar-refractivity contribution < 1.29 is 26.0 Å². The zero-order valence-electron chi connectivity index (χ0n) is 13.9. The number of fused-ring (bicyclic) bond motifs is 1. The van der Waals surface area contributed by atoms with Crippen LogP contribution in [0.25, 0.3) is 5.65 Å². The highest BCUT2D eigenvalue weighted by atomic mass is 32.2. The summed E-state index contributed by atoms with van der Waals surface area (Å²) in [5.41, 5.74) is -0.0367. The van der Waals surface area contributed by atoms with Gasteiger partial charge in [0.15, 0.2) is 5.65 Å². The number of benzene rings is 1. The monoisotopic (exact) mass is 402 g/mol. The molecule has 0 saturated heterocycles. The molecule has 27 heavy (non-hydrogen) atoms. The molecule has 0 amide bonds. The highest BCUT2D eigenvalue weighted by Gasteiger charge is 2.48. The molecule has 0 aliphatic heterocycles. The molecule has 0 aliphatic rings. The van der Waals surface area contributed by atoms with Gasteiger partial charge in [-0.3, -0.25) is 0 Å². The van der Waals surface area contributed by atoms with E-state index in [1.807, 2.05) is 0 Å². The average molecular weight is 402 g/mol. The van der Waals surface area contributed by atoms with Crippen molar-refractivity contribution in [2.45, 2.75) is 24.0 Å². The summed E-state index contributed by atoms with van der Waals surface area (Å²) in [4.78, 5) is 3.46. The first-order valence-electron chi connectivity index (χ1n) is 7.78. The number of sulfonamides is 1. The average Bonchev–Trinajstić information content (AvgIpc) is 3.07. The zero-order chi connectivity index (χ0) is 19.8. The quantitative estimate of drug-likeness (QED) is 0.615. The molecular weight excluding hydrogens is 388 g/mol. The van der Waals surface area contributed by atoms with Crippen molar-refractivity contribution in [3.8, 4) is 0 Å². The molecule has 0 N–H and O–H groups in total. The molecule has 0 aliphatic carbocycles. The summed E-state index contributed by atoms with van der Waals surface area (Å²) >= 11 is 0. The Morgan fingerprint density at radius 2 is 1.85 bits per heavy atom. The van der Waals surface area contributed by atoms with Crippen LogP contribution < -0.4 is 0 Å². The first-order chi connectivity index (χ1) is 12.6. The minimum absolute atomic E-state index is 0.312. The van der Waals surface area contributed by atoms with Crippen molar-refractivity contribution >= 4 is 15.7 Å². The molecule has 1 unspecified atom stereocenters. The molecule has 144 valence electrons. The molecule has 3 aromatic rings. The minimum Gasteiger partial charge on any atom is -0.236 e. The van der Waals surface area contributed by atoms with Gasteiger partial charge in [-0.05, 0) is 17.7 Å². The van der Waals surface area contributed by atoms with Gasteiger partial charge in [-0.2, -0.15) is 22.6 Å². The molecule has 2 aromatic heterocycles. The van der Waals surface area contributed by atoms with E-state index >= 15 is 0 Å². The van der Waals surface area contributed by atoms with Gasteiger partial charge in [0.05, 0.1) is 18.6 Å². The Bertz CT molecular complexity index is 1050. The van der Waals surface area contributed by atoms with Crippen LogP contribution in [0.4, 0.5) is 17.6 Å². The molecule has 0 spiro atoms. The summed E-state index contributed by atoms with van der Waals surface area (Å²) < 4.78 is 81.7. The van der Waals surface area contributed by atoms with Crippen molar-refractivity contribution in [1.29, 1.82) is 0 Å². The Labute approximate surface area is 152 Å². The molecule has 0 saturated carbocycles. The Kier molecular flexibility index (Phi) is 4.91. The van der Waals surface area contributed by atoms with Gasteiger partial charge in [-0.15, -0.1) is 0 Å². The largest absolute Gasteiger partial charge is 0.409 e. The summed E-state index contributed by atoms with van der Waals surface area (Å²) in [6.45, 7) is 0.834. The fourth-order valence-corrected chi connectivity index (χ4v) is 4.26. The summed E-state index contributed by atoms with van der Waals surface area (Å²) in [5, 5.41) is 3.85. The van der Waals surface area contributed by atoms with E-state index in [1.54, 1.807) is 0 Å². The summed E-state index contributed by atoms with van der Waals surface area (Å²) in [6, 6.07) is 2.59. The van der Waals surface area contributed by atoms with Crippen molar-refractivity contribution in [2.24, 2.45) is 0 Å². The van der Waals surface area contributed by atoms with Crippen LogP contribution >= 0.6 is 0 Å². The Morgan fingerprint density at radius 3 is 2.44 bits per heavy atom. The maximum absolute atomic E-state index is 13.8. The van der Waals surface area contributed by atoms with E-state index in [0.29, 0.717) is 9.95 Å². The third-order valence-electron chi connectivity index (χ3n) is 3.93. The lowest BCUT2D eigenvalue weighted by molar-refractivity contribution is -0.173. The van der Waals surface area contributed by atoms with Crippen molar-refractivity contribution in [1.82, 2.24) is 18.9 Å². The molecule has 3 rings (SSSR count). The highest BCUT2D eigenvalue weighted by molar-refractivity contribution is 7.89. The van der Waals surface area contributed by atoms with Gasteiger partial charge in [0.2, 0.25) is 10.0 Å². The van der Waals surface area contributed by atoms with Gasteiger partial charge in [0.25, 0.3) is 0 Å². The van der Waals surface area contributed by atoms with Crippen molar-refractivity contribution in [2.75, 3.05) is 6.54 Å². The predicted molar refractivity (Wildman–Crippen MR) is 87.7 cm³/mol. The second-order valence-corrected chi connectivity index (χ2v) is 7.52. The molecule has 2 heterocycles. The van der Waals surface area contributed by atoms with Crippen LogP contribution in [0.5, 0.6) is 0 Å². The van der Waals surface area contributed by atoms with E-state index in [-0.39, 0.29) is 5.56 Å². The Morgan fingerprint density at radius 1 is 1.19 bits per heavy atom. The van der Waals surface area contributed by atoms with Crippen LogP contribution in [0.15, 0.2) is 53.8 Å². The first-order valence-corrected chi connectivity index (χ1v) is 9.22. The molecule has 1 atom stereocenters. The number of alkyl halides is 3. The number of aromatic nitrogens is 3. The maximum atomic E-state index is 13.8. The smallest absolute Gasteiger partial charge is 0.236 e. The van der Waals surface area contributed by atoms with Crippen LogP contribution in [0.3, 0.4) is 0 Å². The van der Waals surface area contributed by atoms with Crippen LogP contribution in [0, 0.1) is 5.82 Å². The molecule has 6 nitrogen and oxygen atoms in total. The van der Waals surface area contributed by atoms with E-state index < -0.39 is 39.5 Å². The lowest BCUT2D eigenvalue weighted by Crippen LogP contribution is -2.42. The van der Waals surface area contributed by atoms with E-state index in [9.17, 15) is 26.0 Å². The van der Waals surface area contributed by atoms with Gasteiger partial charge in [0.1, 0.15) is 16.8 Å². The topological polar surface area (TPSA) is 67.6 Å². The molecule has 0 radical (unpaired) electrons. The van der Waals surface area contributed by atoms with Crippen LogP contribution in [-0.2, 0) is 10.0 Å². The first kappa shape index (κ1) is 19.2. The predicted octanol–water partition coefficient (Wildman–Crippen LogP) is 3.18. The van der Waals surface area contributed by atoms with Gasteiger partial charge in [-0.25, -0.2) is 22.3 Å². The molecule has 11 heteroatoms. The number of hydrogen-bond acceptors (Lipinski definition) is 4. The lowest BCUT2D eigenvalue weighted by Gasteiger charge is -2.31. The molecule has 0 fully saturated rings. The van der Waals surface area contributed by atoms with Crippen LogP contribution in [0.2, 0.25) is 0 Å². The second-order valence-electron chi connectivity index (χ2n) is 5.63. The maximum Gasteiger partial charge on any atom is 0.409 e. The summed E-state index contributed by atoms with van der Waals surface area (Å²) in [5.74, 6) is -0.723. The third kappa shape index (κ3) is 3.65. The third-order valence-corrected chi connectivity index (χ3v) is 5.82. The number of halogens is 4. The molecule has 1 aromatic carbocycles. The van der Waals surface area contributed by atoms with Gasteiger partial charge >= 0.3 is 6.18 Å². The van der Waals surface area contributed by atoms with Crippen molar-refractivity contribution in [3.05, 3.63) is 60.3 Å². The SMILES string of the molecule is CCN(C(c1ccc(F)cc1)C(F)(F)F)S(=O)(=O)c1cnc2ccnn2c1. The van der Waals surface area contributed by atoms with E-state index in [1.165, 1.54) is 19.2 Å². The standard InChI is InChI=1S/C16H14F4N4O2S/c1-2-24(15(16(18,19)20)11-3-5-12(17)6-4-11)27(25,26)13-9-21-14-7-8-22-23(14)10-13/h3-10,15H,2H2,1H3. The summed E-state index contributed by atoms with van der Waals surface area (Å²) in [7, 11) is -4.56. The number of nitrogens with zero attached hydrogens (tertiary/aromatic N) is 4. The number of rotatable bonds is 5. The Hall–Kier alpha value is -2.53. The highest BCUT2D eigenvalue weighted by Crippen LogP contribution is 2.40. The van der Waals surface area contributed by atoms with Crippen LogP contribution in [-0.4, -0.2) is 40.0 Å². The van der Waals surface area contributed by atoms with E-state index in [0.717, 1.165) is 41.2 Å². The van der Waals surface area contributed by atoms with E-state index in [2.05, 4.69) is 10.1 Å². The van der Waals surface area contributed by atoms with Gasteiger partial charge < -0.3 is 0 Å². The van der Waals surface area contributed by atoms with Crippen LogP contribution in [0.1, 0.15) is 18.5 Å².